The van der Waals surface area contributed by atoms with Gasteiger partial charge in [0.1, 0.15) is 0 Å². The average molecular weight is 321 g/mol. The van der Waals surface area contributed by atoms with Crippen molar-refractivity contribution in [3.05, 3.63) is 16.1 Å². The average Bonchev–Trinajstić information content (AvgIpc) is 2.63. The third-order valence-corrected chi connectivity index (χ3v) is 3.70. The van der Waals surface area contributed by atoms with Gasteiger partial charge < -0.3 is 10.2 Å². The van der Waals surface area contributed by atoms with Gasteiger partial charge in [-0.25, -0.2) is 4.98 Å². The Labute approximate surface area is 126 Å². The lowest BCUT2D eigenvalue weighted by Crippen LogP contribution is -2.44. The van der Waals surface area contributed by atoms with E-state index in [0.29, 0.717) is 0 Å². The van der Waals surface area contributed by atoms with Crippen LogP contribution in [0.5, 0.6) is 0 Å². The van der Waals surface area contributed by atoms with Crippen LogP contribution in [0.15, 0.2) is 5.51 Å². The molecule has 1 saturated heterocycles. The third-order valence-electron chi connectivity index (χ3n) is 2.71. The number of hydrogen-bond acceptors (Lipinski definition) is 4. The van der Waals surface area contributed by atoms with Crippen LogP contribution < -0.4 is 5.32 Å². The molecule has 102 valence electrons. The largest absolute Gasteiger partial charge is 0.314 e. The lowest BCUT2D eigenvalue weighted by molar-refractivity contribution is 0.244. The molecule has 0 amide bonds. The quantitative estimate of drug-likeness (QED) is 0.925. The molecule has 0 radical (unpaired) electrons. The molecule has 17 heavy (non-hydrogen) atoms. The predicted molar refractivity (Wildman–Crippen MR) is 81.6 cm³/mol. The number of halogens is 3. The summed E-state index contributed by atoms with van der Waals surface area (Å²) >= 11 is 1.78. The summed E-state index contributed by atoms with van der Waals surface area (Å²) in [5.41, 5.74) is 3.16. The molecule has 0 aromatic carbocycles. The van der Waals surface area contributed by atoms with Crippen LogP contribution in [0.2, 0.25) is 0 Å². The number of aromatic nitrogens is 1. The fourth-order valence-corrected chi connectivity index (χ4v) is 2.53. The topological polar surface area (TPSA) is 28.2 Å². The van der Waals surface area contributed by atoms with Gasteiger partial charge >= 0.3 is 0 Å². The molecule has 1 aromatic rings. The van der Waals surface area contributed by atoms with Crippen molar-refractivity contribution in [3.63, 3.8) is 0 Å². The Hall–Kier alpha value is 0.420. The van der Waals surface area contributed by atoms with Crippen LogP contribution in [-0.4, -0.2) is 42.6 Å². The minimum absolute atomic E-state index is 0. The molecule has 0 aliphatic carbocycles. The number of nitrogens with zero attached hydrogens (tertiary/aromatic N) is 2. The van der Waals surface area contributed by atoms with E-state index in [4.69, 9.17) is 0 Å². The van der Waals surface area contributed by atoms with E-state index in [0.717, 1.165) is 19.5 Å². The lowest BCUT2D eigenvalue weighted by Gasteiger charge is -2.26. The van der Waals surface area contributed by atoms with E-state index in [-0.39, 0.29) is 37.2 Å². The van der Waals surface area contributed by atoms with Gasteiger partial charge in [0.05, 0.1) is 11.2 Å². The third kappa shape index (κ3) is 6.22. The predicted octanol–water partition coefficient (Wildman–Crippen LogP) is 2.16. The van der Waals surface area contributed by atoms with Crippen molar-refractivity contribution < 1.29 is 0 Å². The summed E-state index contributed by atoms with van der Waals surface area (Å²) in [6.07, 6.45) is 1.16. The molecule has 0 atom stereocenters. The Balaban J connectivity index is 0. The Morgan fingerprint density at radius 2 is 1.94 bits per heavy atom. The highest BCUT2D eigenvalue weighted by atomic mass is 35.5. The molecular weight excluding hydrogens is 301 g/mol. The Kier molecular flexibility index (Phi) is 12.0. The van der Waals surface area contributed by atoms with Gasteiger partial charge in [0, 0.05) is 37.6 Å². The molecule has 0 unspecified atom stereocenters. The smallest absolute Gasteiger partial charge is 0.0797 e. The molecule has 0 bridgehead atoms. The van der Waals surface area contributed by atoms with Crippen molar-refractivity contribution >= 4 is 48.6 Å². The Morgan fingerprint density at radius 1 is 1.29 bits per heavy atom. The molecule has 1 N–H and O–H groups in total. The van der Waals surface area contributed by atoms with Crippen LogP contribution >= 0.6 is 48.6 Å². The SMILES string of the molecule is Cc1ncsc1CCN1CCNCC1.Cl.Cl.Cl. The van der Waals surface area contributed by atoms with Crippen LogP contribution in [0.3, 0.4) is 0 Å². The number of hydrogen-bond donors (Lipinski definition) is 1. The summed E-state index contributed by atoms with van der Waals surface area (Å²) in [6.45, 7) is 7.95. The number of rotatable bonds is 3. The summed E-state index contributed by atoms with van der Waals surface area (Å²) in [5.74, 6) is 0. The van der Waals surface area contributed by atoms with Gasteiger partial charge in [-0.05, 0) is 13.3 Å². The van der Waals surface area contributed by atoms with E-state index in [1.54, 1.807) is 11.3 Å². The molecule has 7 heteroatoms. The van der Waals surface area contributed by atoms with Gasteiger partial charge in [0.2, 0.25) is 0 Å². The van der Waals surface area contributed by atoms with Gasteiger partial charge in [-0.1, -0.05) is 0 Å². The van der Waals surface area contributed by atoms with Gasteiger partial charge in [-0.2, -0.15) is 0 Å². The fraction of sp³-hybridized carbons (Fsp3) is 0.700. The maximum absolute atomic E-state index is 4.27. The van der Waals surface area contributed by atoms with Crippen molar-refractivity contribution in [2.45, 2.75) is 13.3 Å². The zero-order valence-corrected chi connectivity index (χ0v) is 13.1. The maximum Gasteiger partial charge on any atom is 0.0797 e. The van der Waals surface area contributed by atoms with Crippen molar-refractivity contribution in [1.82, 2.24) is 15.2 Å². The highest BCUT2D eigenvalue weighted by Crippen LogP contribution is 2.13. The van der Waals surface area contributed by atoms with Crippen LogP contribution in [0.1, 0.15) is 10.6 Å². The molecule has 2 heterocycles. The number of nitrogens with one attached hydrogen (secondary N) is 1. The second-order valence-electron chi connectivity index (χ2n) is 3.70. The van der Waals surface area contributed by atoms with E-state index in [9.17, 15) is 0 Å². The highest BCUT2D eigenvalue weighted by Gasteiger charge is 2.10. The van der Waals surface area contributed by atoms with Crippen molar-refractivity contribution in [2.75, 3.05) is 32.7 Å². The van der Waals surface area contributed by atoms with Gasteiger partial charge in [0.25, 0.3) is 0 Å². The number of thiazole rings is 1. The lowest BCUT2D eigenvalue weighted by atomic mass is 10.2. The first-order valence-corrected chi connectivity index (χ1v) is 6.06. The first-order valence-electron chi connectivity index (χ1n) is 5.18. The van der Waals surface area contributed by atoms with E-state index in [2.05, 4.69) is 22.1 Å². The maximum atomic E-state index is 4.27. The van der Waals surface area contributed by atoms with Crippen LogP contribution in [0, 0.1) is 6.92 Å². The van der Waals surface area contributed by atoms with Gasteiger partial charge in [-0.15, -0.1) is 48.6 Å². The van der Waals surface area contributed by atoms with E-state index < -0.39 is 0 Å². The summed E-state index contributed by atoms with van der Waals surface area (Å²) in [7, 11) is 0. The highest BCUT2D eigenvalue weighted by molar-refractivity contribution is 7.09. The minimum atomic E-state index is 0. The molecule has 1 aliphatic rings. The van der Waals surface area contributed by atoms with Crippen LogP contribution in [0.25, 0.3) is 0 Å². The van der Waals surface area contributed by atoms with Crippen molar-refractivity contribution in [1.29, 1.82) is 0 Å². The van der Waals surface area contributed by atoms with E-state index in [1.165, 1.54) is 30.2 Å². The second-order valence-corrected chi connectivity index (χ2v) is 4.64. The molecule has 3 nitrogen and oxygen atoms in total. The van der Waals surface area contributed by atoms with Gasteiger partial charge in [-0.3, -0.25) is 0 Å². The van der Waals surface area contributed by atoms with Crippen molar-refractivity contribution in [3.8, 4) is 0 Å². The summed E-state index contributed by atoms with van der Waals surface area (Å²) in [6, 6.07) is 0. The van der Waals surface area contributed by atoms with Crippen LogP contribution in [-0.2, 0) is 6.42 Å². The normalized spacial score (nSPS) is 15.4. The van der Waals surface area contributed by atoms with Crippen LogP contribution in [0.4, 0.5) is 0 Å². The Morgan fingerprint density at radius 3 is 2.47 bits per heavy atom. The zero-order chi connectivity index (χ0) is 9.80. The Bertz CT molecular complexity index is 290. The molecule has 2 rings (SSSR count). The molecule has 1 aliphatic heterocycles. The molecule has 1 aromatic heterocycles. The standard InChI is InChI=1S/C10H17N3S.3ClH/c1-9-10(14-8-12-9)2-5-13-6-3-11-4-7-13;;;/h8,11H,2-7H2,1H3;3*1H. The fourth-order valence-electron chi connectivity index (χ4n) is 1.76. The number of piperazine rings is 1. The van der Waals surface area contributed by atoms with E-state index in [1.807, 2.05) is 5.51 Å². The minimum Gasteiger partial charge on any atom is -0.314 e. The molecule has 1 fully saturated rings. The molecule has 0 saturated carbocycles. The molecular formula is C10H20Cl3N3S. The zero-order valence-electron chi connectivity index (χ0n) is 9.85. The van der Waals surface area contributed by atoms with Gasteiger partial charge in [0.15, 0.2) is 0 Å². The summed E-state index contributed by atoms with van der Waals surface area (Å²) in [4.78, 5) is 8.24. The first kappa shape index (κ1) is 19.8. The number of aryl methyl sites for hydroxylation is 1. The molecule has 0 spiro atoms. The van der Waals surface area contributed by atoms with Crippen molar-refractivity contribution in [2.24, 2.45) is 0 Å². The first-order chi connectivity index (χ1) is 6.86. The second kappa shape index (κ2) is 10.4. The summed E-state index contributed by atoms with van der Waals surface area (Å²) in [5, 5.41) is 3.37. The van der Waals surface area contributed by atoms with E-state index >= 15 is 0 Å². The summed E-state index contributed by atoms with van der Waals surface area (Å²) < 4.78 is 0. The monoisotopic (exact) mass is 319 g/mol.